The van der Waals surface area contributed by atoms with Crippen LogP contribution in [0, 0.1) is 6.92 Å². The highest BCUT2D eigenvalue weighted by Crippen LogP contribution is 2.17. The number of nitrogens with one attached hydrogen (secondary N) is 1. The van der Waals surface area contributed by atoms with Gasteiger partial charge in [0.05, 0.1) is 16.9 Å². The molecule has 0 aliphatic rings. The Labute approximate surface area is 97.4 Å². The van der Waals surface area contributed by atoms with Gasteiger partial charge in [-0.05, 0) is 48.8 Å². The third kappa shape index (κ3) is 3.28. The Bertz CT molecular complexity index is 385. The van der Waals surface area contributed by atoms with Crippen LogP contribution in [-0.4, -0.2) is 16.4 Å². The molecule has 1 rings (SSSR count). The van der Waals surface area contributed by atoms with Crippen molar-refractivity contribution >= 4 is 27.5 Å². The molecule has 0 aliphatic heterocycles. The molecule has 15 heavy (non-hydrogen) atoms. The zero-order valence-corrected chi connectivity index (χ0v) is 10.6. The number of nitrogens with zero attached hydrogens (tertiary/aromatic N) is 1. The normalized spacial score (nSPS) is 11.3. The summed E-state index contributed by atoms with van der Waals surface area (Å²) in [6, 6.07) is 3.56. The standard InChI is InChI=1S/C10H14BrN3O/c1-6-7(4-5-8(11)13-6)14-9(15)10(2,3)12/h4-5H,12H2,1-3H3,(H,14,15). The molecule has 1 aromatic heterocycles. The molecule has 0 fully saturated rings. The van der Waals surface area contributed by atoms with E-state index in [1.54, 1.807) is 26.0 Å². The van der Waals surface area contributed by atoms with Gasteiger partial charge in [-0.2, -0.15) is 0 Å². The van der Waals surface area contributed by atoms with Crippen molar-refractivity contribution in [2.75, 3.05) is 5.32 Å². The first kappa shape index (κ1) is 12.1. The van der Waals surface area contributed by atoms with Crippen LogP contribution in [0.2, 0.25) is 0 Å². The van der Waals surface area contributed by atoms with Gasteiger partial charge in [0.25, 0.3) is 0 Å². The van der Waals surface area contributed by atoms with Gasteiger partial charge in [0.15, 0.2) is 0 Å². The molecule has 82 valence electrons. The number of amides is 1. The van der Waals surface area contributed by atoms with Crippen molar-refractivity contribution in [3.05, 3.63) is 22.4 Å². The monoisotopic (exact) mass is 271 g/mol. The van der Waals surface area contributed by atoms with E-state index in [-0.39, 0.29) is 5.91 Å². The van der Waals surface area contributed by atoms with Gasteiger partial charge in [-0.25, -0.2) is 4.98 Å². The van der Waals surface area contributed by atoms with E-state index in [1.807, 2.05) is 6.92 Å². The lowest BCUT2D eigenvalue weighted by Crippen LogP contribution is -2.45. The van der Waals surface area contributed by atoms with Crippen LogP contribution in [0.3, 0.4) is 0 Å². The van der Waals surface area contributed by atoms with Gasteiger partial charge in [0.1, 0.15) is 4.60 Å². The highest BCUT2D eigenvalue weighted by atomic mass is 79.9. The second-order valence-electron chi connectivity index (χ2n) is 3.94. The maximum Gasteiger partial charge on any atom is 0.243 e. The Morgan fingerprint density at radius 3 is 2.60 bits per heavy atom. The minimum Gasteiger partial charge on any atom is -0.323 e. The lowest BCUT2D eigenvalue weighted by molar-refractivity contribution is -0.120. The number of rotatable bonds is 2. The highest BCUT2D eigenvalue weighted by Gasteiger charge is 2.22. The third-order valence-electron chi connectivity index (χ3n) is 1.89. The van der Waals surface area contributed by atoms with E-state index >= 15 is 0 Å². The Morgan fingerprint density at radius 2 is 2.13 bits per heavy atom. The van der Waals surface area contributed by atoms with Crippen LogP contribution in [-0.2, 0) is 4.79 Å². The summed E-state index contributed by atoms with van der Waals surface area (Å²) in [6.45, 7) is 5.14. The number of carbonyl (C=O) groups is 1. The fourth-order valence-corrected chi connectivity index (χ4v) is 1.34. The van der Waals surface area contributed by atoms with E-state index in [2.05, 4.69) is 26.2 Å². The summed E-state index contributed by atoms with van der Waals surface area (Å²) in [4.78, 5) is 15.8. The molecule has 4 nitrogen and oxygen atoms in total. The van der Waals surface area contributed by atoms with Crippen LogP contribution in [0.15, 0.2) is 16.7 Å². The molecule has 0 spiro atoms. The molecular weight excluding hydrogens is 258 g/mol. The van der Waals surface area contributed by atoms with Crippen LogP contribution in [0.25, 0.3) is 0 Å². The van der Waals surface area contributed by atoms with Crippen LogP contribution in [0.5, 0.6) is 0 Å². The zero-order chi connectivity index (χ0) is 11.6. The van der Waals surface area contributed by atoms with E-state index < -0.39 is 5.54 Å². The van der Waals surface area contributed by atoms with Crippen LogP contribution in [0.1, 0.15) is 19.5 Å². The summed E-state index contributed by atoms with van der Waals surface area (Å²) in [7, 11) is 0. The topological polar surface area (TPSA) is 68.0 Å². The lowest BCUT2D eigenvalue weighted by atomic mass is 10.1. The summed E-state index contributed by atoms with van der Waals surface area (Å²) < 4.78 is 0.741. The number of nitrogens with two attached hydrogens (primary N) is 1. The number of anilines is 1. The molecule has 1 heterocycles. The number of aryl methyl sites for hydroxylation is 1. The minimum atomic E-state index is -0.889. The fourth-order valence-electron chi connectivity index (χ4n) is 0.946. The van der Waals surface area contributed by atoms with E-state index in [4.69, 9.17) is 5.73 Å². The summed E-state index contributed by atoms with van der Waals surface area (Å²) in [6.07, 6.45) is 0. The van der Waals surface area contributed by atoms with Crippen molar-refractivity contribution in [1.82, 2.24) is 4.98 Å². The first-order valence-electron chi connectivity index (χ1n) is 4.54. The SMILES string of the molecule is Cc1nc(Br)ccc1NC(=O)C(C)(C)N. The minimum absolute atomic E-state index is 0.227. The molecule has 1 aromatic rings. The molecule has 0 radical (unpaired) electrons. The maximum absolute atomic E-state index is 11.6. The van der Waals surface area contributed by atoms with Crippen LogP contribution >= 0.6 is 15.9 Å². The zero-order valence-electron chi connectivity index (χ0n) is 8.97. The van der Waals surface area contributed by atoms with Crippen molar-refractivity contribution in [2.45, 2.75) is 26.3 Å². The molecule has 0 atom stereocenters. The highest BCUT2D eigenvalue weighted by molar-refractivity contribution is 9.10. The first-order chi connectivity index (χ1) is 6.80. The molecule has 0 unspecified atom stereocenters. The summed E-state index contributed by atoms with van der Waals surface area (Å²) in [5.74, 6) is -0.227. The Morgan fingerprint density at radius 1 is 1.53 bits per heavy atom. The lowest BCUT2D eigenvalue weighted by Gasteiger charge is -2.18. The average Bonchev–Trinajstić information content (AvgIpc) is 2.08. The molecule has 1 amide bonds. The van der Waals surface area contributed by atoms with Crippen molar-refractivity contribution in [3.63, 3.8) is 0 Å². The van der Waals surface area contributed by atoms with Gasteiger partial charge in [-0.1, -0.05) is 0 Å². The predicted molar refractivity (Wildman–Crippen MR) is 63.6 cm³/mol. The average molecular weight is 272 g/mol. The molecule has 0 saturated carbocycles. The van der Waals surface area contributed by atoms with Crippen LogP contribution in [0.4, 0.5) is 5.69 Å². The number of hydrogen-bond donors (Lipinski definition) is 2. The number of pyridine rings is 1. The largest absolute Gasteiger partial charge is 0.323 e. The van der Waals surface area contributed by atoms with Gasteiger partial charge in [0, 0.05) is 0 Å². The third-order valence-corrected chi connectivity index (χ3v) is 2.33. The Balaban J connectivity index is 2.87. The summed E-state index contributed by atoms with van der Waals surface area (Å²) in [5, 5.41) is 2.73. The van der Waals surface area contributed by atoms with Gasteiger partial charge in [0.2, 0.25) is 5.91 Å². The van der Waals surface area contributed by atoms with Gasteiger partial charge in [-0.3, -0.25) is 4.79 Å². The van der Waals surface area contributed by atoms with Crippen molar-refractivity contribution in [2.24, 2.45) is 5.73 Å². The van der Waals surface area contributed by atoms with Crippen LogP contribution < -0.4 is 11.1 Å². The van der Waals surface area contributed by atoms with Gasteiger partial charge >= 0.3 is 0 Å². The second-order valence-corrected chi connectivity index (χ2v) is 4.76. The predicted octanol–water partition coefficient (Wildman–Crippen LogP) is 1.83. The van der Waals surface area contributed by atoms with Crippen molar-refractivity contribution in [1.29, 1.82) is 0 Å². The van der Waals surface area contributed by atoms with Crippen molar-refractivity contribution in [3.8, 4) is 0 Å². The Hall–Kier alpha value is -0.940. The summed E-state index contributed by atoms with van der Waals surface area (Å²) in [5.41, 5.74) is 6.21. The van der Waals surface area contributed by atoms with E-state index in [0.717, 1.165) is 10.3 Å². The molecule has 0 bridgehead atoms. The van der Waals surface area contributed by atoms with E-state index in [0.29, 0.717) is 5.69 Å². The number of carbonyl (C=O) groups excluding carboxylic acids is 1. The summed E-state index contributed by atoms with van der Waals surface area (Å²) >= 11 is 3.25. The molecule has 3 N–H and O–H groups in total. The molecule has 0 aromatic carbocycles. The van der Waals surface area contributed by atoms with Gasteiger partial charge < -0.3 is 11.1 Å². The number of aromatic nitrogens is 1. The smallest absolute Gasteiger partial charge is 0.243 e. The van der Waals surface area contributed by atoms with Crippen molar-refractivity contribution < 1.29 is 4.79 Å². The quantitative estimate of drug-likeness (QED) is 0.807. The fraction of sp³-hybridized carbons (Fsp3) is 0.400. The first-order valence-corrected chi connectivity index (χ1v) is 5.33. The van der Waals surface area contributed by atoms with Gasteiger partial charge in [-0.15, -0.1) is 0 Å². The second kappa shape index (κ2) is 4.28. The molecule has 0 aliphatic carbocycles. The maximum atomic E-state index is 11.6. The molecule has 5 heteroatoms. The molecular formula is C10H14BrN3O. The number of halogens is 1. The van der Waals surface area contributed by atoms with E-state index in [9.17, 15) is 4.79 Å². The Kier molecular flexibility index (Phi) is 3.46. The number of hydrogen-bond acceptors (Lipinski definition) is 3. The molecule has 0 saturated heterocycles. The van der Waals surface area contributed by atoms with E-state index in [1.165, 1.54) is 0 Å².